The van der Waals surface area contributed by atoms with Gasteiger partial charge in [-0.2, -0.15) is 5.26 Å². The van der Waals surface area contributed by atoms with Gasteiger partial charge in [0, 0.05) is 10.7 Å². The summed E-state index contributed by atoms with van der Waals surface area (Å²) >= 11 is 5.94. The van der Waals surface area contributed by atoms with Crippen molar-refractivity contribution in [1.29, 1.82) is 5.26 Å². The van der Waals surface area contributed by atoms with E-state index in [9.17, 15) is 10.1 Å². The number of nitrogens with one attached hydrogen (secondary N) is 1. The Hall–Kier alpha value is -2.97. The maximum Gasteiger partial charge on any atom is 0.266 e. The van der Waals surface area contributed by atoms with Gasteiger partial charge in [0.05, 0.1) is 13.2 Å². The topological polar surface area (TPSA) is 71.3 Å². The molecule has 0 radical (unpaired) electrons. The summed E-state index contributed by atoms with van der Waals surface area (Å²) < 4.78 is 11.5. The lowest BCUT2D eigenvalue weighted by molar-refractivity contribution is -0.112. The second-order valence-corrected chi connectivity index (χ2v) is 7.12. The van der Waals surface area contributed by atoms with Crippen molar-refractivity contribution < 1.29 is 14.3 Å². The molecule has 0 heterocycles. The first kappa shape index (κ1) is 23.3. The summed E-state index contributed by atoms with van der Waals surface area (Å²) in [7, 11) is 0. The van der Waals surface area contributed by atoms with E-state index in [0.717, 1.165) is 12.8 Å². The van der Waals surface area contributed by atoms with Gasteiger partial charge < -0.3 is 14.8 Å². The molecule has 0 aliphatic heterocycles. The molecule has 0 unspecified atom stereocenters. The van der Waals surface area contributed by atoms with E-state index in [4.69, 9.17) is 21.1 Å². The summed E-state index contributed by atoms with van der Waals surface area (Å²) in [6, 6.07) is 14.1. The fourth-order valence-corrected chi connectivity index (χ4v) is 2.98. The van der Waals surface area contributed by atoms with Crippen LogP contribution in [0.1, 0.15) is 45.1 Å². The lowest BCUT2D eigenvalue weighted by Gasteiger charge is -2.13. The van der Waals surface area contributed by atoms with Crippen molar-refractivity contribution in [3.8, 4) is 17.6 Å². The monoisotopic (exact) mass is 426 g/mol. The van der Waals surface area contributed by atoms with Crippen molar-refractivity contribution in [1.82, 2.24) is 0 Å². The van der Waals surface area contributed by atoms with E-state index in [0.29, 0.717) is 41.0 Å². The predicted octanol–water partition coefficient (Wildman–Crippen LogP) is 6.24. The number of amides is 1. The Morgan fingerprint density at radius 2 is 1.93 bits per heavy atom. The Balaban J connectivity index is 2.13. The molecule has 0 bridgehead atoms. The van der Waals surface area contributed by atoms with Crippen LogP contribution in [0.25, 0.3) is 6.08 Å². The van der Waals surface area contributed by atoms with Crippen molar-refractivity contribution in [2.75, 3.05) is 18.5 Å². The van der Waals surface area contributed by atoms with Crippen LogP contribution < -0.4 is 14.8 Å². The Bertz CT molecular complexity index is 919. The lowest BCUT2D eigenvalue weighted by atomic mass is 10.1. The third-order valence-corrected chi connectivity index (χ3v) is 4.52. The third-order valence-electron chi connectivity index (χ3n) is 4.28. The minimum Gasteiger partial charge on any atom is -0.490 e. The molecule has 0 aromatic heterocycles. The van der Waals surface area contributed by atoms with E-state index in [1.807, 2.05) is 13.0 Å². The number of halogens is 1. The molecule has 0 fully saturated rings. The summed E-state index contributed by atoms with van der Waals surface area (Å²) in [5, 5.41) is 12.6. The Labute approximate surface area is 183 Å². The zero-order valence-electron chi connectivity index (χ0n) is 17.4. The van der Waals surface area contributed by atoms with Gasteiger partial charge >= 0.3 is 0 Å². The molecule has 5 nitrogen and oxygen atoms in total. The molecule has 0 spiro atoms. The van der Waals surface area contributed by atoms with Crippen LogP contribution in [0.4, 0.5) is 5.69 Å². The number of ether oxygens (including phenoxy) is 2. The highest BCUT2D eigenvalue weighted by molar-refractivity contribution is 6.31. The number of carbonyl (C=O) groups excluding carboxylic acids is 1. The number of hydrogen-bond acceptors (Lipinski definition) is 4. The van der Waals surface area contributed by atoms with Gasteiger partial charge in [0.25, 0.3) is 5.91 Å². The predicted molar refractivity (Wildman–Crippen MR) is 121 cm³/mol. The van der Waals surface area contributed by atoms with E-state index < -0.39 is 5.91 Å². The Morgan fingerprint density at radius 3 is 2.63 bits per heavy atom. The van der Waals surface area contributed by atoms with Gasteiger partial charge in [0.2, 0.25) is 0 Å². The van der Waals surface area contributed by atoms with Gasteiger partial charge in [-0.05, 0) is 55.3 Å². The molecule has 158 valence electrons. The summed E-state index contributed by atoms with van der Waals surface area (Å²) in [5.74, 6) is 0.746. The van der Waals surface area contributed by atoms with Gasteiger partial charge in [0.1, 0.15) is 11.6 Å². The van der Waals surface area contributed by atoms with Crippen LogP contribution in [0.2, 0.25) is 5.02 Å². The normalized spacial score (nSPS) is 10.9. The van der Waals surface area contributed by atoms with Crippen molar-refractivity contribution in [2.24, 2.45) is 0 Å². The van der Waals surface area contributed by atoms with Crippen LogP contribution in [0.3, 0.4) is 0 Å². The summed E-state index contributed by atoms with van der Waals surface area (Å²) in [6.07, 6.45) is 6.02. The average molecular weight is 427 g/mol. The molecule has 2 aromatic rings. The van der Waals surface area contributed by atoms with Gasteiger partial charge in [-0.1, -0.05) is 49.9 Å². The standard InChI is InChI=1S/C24H27ClN2O3/c1-3-5-6-7-13-30-22-12-11-18(15-23(22)29-4-2)14-19(17-26)24(28)27-21-10-8-9-20(25)16-21/h8-12,14-16H,3-7,13H2,1-2H3,(H,27,28)/b19-14-. The number of nitriles is 1. The van der Waals surface area contributed by atoms with E-state index in [2.05, 4.69) is 12.2 Å². The minimum atomic E-state index is -0.506. The van der Waals surface area contributed by atoms with Gasteiger partial charge in [0.15, 0.2) is 11.5 Å². The summed E-state index contributed by atoms with van der Waals surface area (Å²) in [6.45, 7) is 5.18. The quantitative estimate of drug-likeness (QED) is 0.262. The molecular weight excluding hydrogens is 400 g/mol. The van der Waals surface area contributed by atoms with Gasteiger partial charge in [-0.15, -0.1) is 0 Å². The second kappa shape index (κ2) is 12.6. The zero-order valence-corrected chi connectivity index (χ0v) is 18.2. The van der Waals surface area contributed by atoms with Gasteiger partial charge in [-0.25, -0.2) is 0 Å². The largest absolute Gasteiger partial charge is 0.490 e. The van der Waals surface area contributed by atoms with Crippen molar-refractivity contribution in [2.45, 2.75) is 39.5 Å². The third kappa shape index (κ3) is 7.46. The van der Waals surface area contributed by atoms with Crippen molar-refractivity contribution >= 4 is 29.3 Å². The number of unbranched alkanes of at least 4 members (excludes halogenated alkanes) is 3. The Kier molecular flexibility index (Phi) is 9.76. The fourth-order valence-electron chi connectivity index (χ4n) is 2.79. The number of nitrogens with zero attached hydrogens (tertiary/aromatic N) is 1. The molecule has 0 saturated heterocycles. The lowest BCUT2D eigenvalue weighted by Crippen LogP contribution is -2.13. The number of benzene rings is 2. The summed E-state index contributed by atoms with van der Waals surface area (Å²) in [5.41, 5.74) is 1.18. The molecule has 1 N–H and O–H groups in total. The van der Waals surface area contributed by atoms with E-state index in [1.54, 1.807) is 42.5 Å². The molecule has 0 saturated carbocycles. The molecule has 30 heavy (non-hydrogen) atoms. The Morgan fingerprint density at radius 1 is 1.10 bits per heavy atom. The van der Waals surface area contributed by atoms with Gasteiger partial charge in [-0.3, -0.25) is 4.79 Å². The first-order valence-electron chi connectivity index (χ1n) is 10.2. The SMILES string of the molecule is CCCCCCOc1ccc(/C=C(/C#N)C(=O)Nc2cccc(Cl)c2)cc1OCC. The minimum absolute atomic E-state index is 0.0225. The molecular formula is C24H27ClN2O3. The molecule has 2 aromatic carbocycles. The van der Waals surface area contributed by atoms with Crippen LogP contribution in [0, 0.1) is 11.3 Å². The fraction of sp³-hybridized carbons (Fsp3) is 0.333. The molecule has 0 aliphatic rings. The molecule has 2 rings (SSSR count). The van der Waals surface area contributed by atoms with Crippen LogP contribution in [0.5, 0.6) is 11.5 Å². The average Bonchev–Trinajstić information content (AvgIpc) is 2.73. The van der Waals surface area contributed by atoms with E-state index in [-0.39, 0.29) is 5.57 Å². The van der Waals surface area contributed by atoms with Crippen molar-refractivity contribution in [3.63, 3.8) is 0 Å². The molecule has 6 heteroatoms. The maximum absolute atomic E-state index is 12.5. The highest BCUT2D eigenvalue weighted by atomic mass is 35.5. The molecule has 1 amide bonds. The smallest absolute Gasteiger partial charge is 0.266 e. The van der Waals surface area contributed by atoms with Crippen LogP contribution in [-0.4, -0.2) is 19.1 Å². The summed E-state index contributed by atoms with van der Waals surface area (Å²) in [4.78, 5) is 12.5. The highest BCUT2D eigenvalue weighted by Gasteiger charge is 2.12. The van der Waals surface area contributed by atoms with E-state index in [1.165, 1.54) is 18.9 Å². The molecule has 0 aliphatic carbocycles. The van der Waals surface area contributed by atoms with E-state index >= 15 is 0 Å². The van der Waals surface area contributed by atoms with Crippen LogP contribution in [0.15, 0.2) is 48.0 Å². The zero-order chi connectivity index (χ0) is 21.8. The first-order chi connectivity index (χ1) is 14.6. The maximum atomic E-state index is 12.5. The molecule has 0 atom stereocenters. The first-order valence-corrected chi connectivity index (χ1v) is 10.5. The highest BCUT2D eigenvalue weighted by Crippen LogP contribution is 2.30. The number of rotatable bonds is 11. The van der Waals surface area contributed by atoms with Crippen LogP contribution in [-0.2, 0) is 4.79 Å². The number of carbonyl (C=O) groups is 1. The second-order valence-electron chi connectivity index (χ2n) is 6.68. The van der Waals surface area contributed by atoms with Crippen molar-refractivity contribution in [3.05, 3.63) is 58.6 Å². The van der Waals surface area contributed by atoms with Crippen LogP contribution >= 0.6 is 11.6 Å². The number of hydrogen-bond donors (Lipinski definition) is 1. The number of anilines is 1.